The maximum Gasteiger partial charge on any atom is 0.251 e. The van der Waals surface area contributed by atoms with Crippen LogP contribution in [0.1, 0.15) is 48.0 Å². The first-order valence-electron chi connectivity index (χ1n) is 9.15. The van der Waals surface area contributed by atoms with Gasteiger partial charge in [0.05, 0.1) is 5.52 Å². The van der Waals surface area contributed by atoms with Crippen LogP contribution in [-0.4, -0.2) is 22.6 Å². The van der Waals surface area contributed by atoms with Crippen LogP contribution in [0.4, 0.5) is 0 Å². The van der Waals surface area contributed by atoms with E-state index in [1.807, 2.05) is 18.2 Å². The van der Waals surface area contributed by atoms with E-state index in [0.29, 0.717) is 12.1 Å². The zero-order valence-corrected chi connectivity index (χ0v) is 16.8. The van der Waals surface area contributed by atoms with Crippen molar-refractivity contribution in [3.8, 4) is 0 Å². The molecule has 4 rings (SSSR count). The molecule has 1 aromatic heterocycles. The monoisotopic (exact) mass is 459 g/mol. The number of nitrogens with zero attached hydrogens (tertiary/aromatic N) is 1. The second kappa shape index (κ2) is 7.39. The zero-order valence-electron chi connectivity index (χ0n) is 14.6. The fourth-order valence-corrected chi connectivity index (χ4v) is 4.61. The summed E-state index contributed by atoms with van der Waals surface area (Å²) in [6.07, 6.45) is 6.01. The quantitative estimate of drug-likeness (QED) is 0.551. The first-order chi connectivity index (χ1) is 12.7. The first kappa shape index (κ1) is 17.5. The average Bonchev–Trinajstić information content (AvgIpc) is 3.08. The second-order valence-corrected chi connectivity index (χ2v) is 8.24. The maximum absolute atomic E-state index is 12.8. The second-order valence-electron chi connectivity index (χ2n) is 7.16. The van der Waals surface area contributed by atoms with Gasteiger partial charge in [0.15, 0.2) is 0 Å². The lowest BCUT2D eigenvalue weighted by Gasteiger charge is -2.38. The molecule has 26 heavy (non-hydrogen) atoms. The molecule has 5 heteroatoms. The van der Waals surface area contributed by atoms with E-state index >= 15 is 0 Å². The number of fused-ring (bicyclic) bond motifs is 1. The molecule has 2 N–H and O–H groups in total. The molecular weight excluding hydrogens is 437 g/mol. The van der Waals surface area contributed by atoms with Gasteiger partial charge in [-0.1, -0.05) is 49.6 Å². The van der Waals surface area contributed by atoms with Gasteiger partial charge in [0.25, 0.3) is 5.91 Å². The van der Waals surface area contributed by atoms with Crippen molar-refractivity contribution in [2.45, 2.75) is 37.5 Å². The van der Waals surface area contributed by atoms with Crippen molar-refractivity contribution in [3.63, 3.8) is 0 Å². The van der Waals surface area contributed by atoms with Crippen molar-refractivity contribution < 1.29 is 4.79 Å². The summed E-state index contributed by atoms with van der Waals surface area (Å²) >= 11 is 2.21. The molecule has 0 aliphatic heterocycles. The number of carbonyl (C=O) groups excluding carboxylic acids is 1. The fourth-order valence-electron chi connectivity index (χ4n) is 4.06. The summed E-state index contributed by atoms with van der Waals surface area (Å²) < 4.78 is 0.959. The Morgan fingerprint density at radius 2 is 1.88 bits per heavy atom. The molecule has 0 spiro atoms. The summed E-state index contributed by atoms with van der Waals surface area (Å²) in [5.74, 6) is -0.00946. The van der Waals surface area contributed by atoms with E-state index in [1.54, 1.807) is 0 Å². The predicted molar refractivity (Wildman–Crippen MR) is 112 cm³/mol. The van der Waals surface area contributed by atoms with Crippen LogP contribution in [0.5, 0.6) is 0 Å². The van der Waals surface area contributed by atoms with E-state index in [2.05, 4.69) is 68.4 Å². The van der Waals surface area contributed by atoms with Gasteiger partial charge < -0.3 is 5.32 Å². The van der Waals surface area contributed by atoms with E-state index < -0.39 is 0 Å². The molecule has 0 radical (unpaired) electrons. The molecule has 2 aromatic carbocycles. The highest BCUT2D eigenvalue weighted by Crippen LogP contribution is 2.39. The standard InChI is InChI=1S/C21H22IN3O/c22-19-17-13-15(9-10-18(17)24-25-19)20(26)23-14-21(11-5-2-6-12-21)16-7-3-1-4-8-16/h1,3-4,7-10,13H,2,5-6,11-12,14H2,(H,23,26)(H,24,25). The normalized spacial score (nSPS) is 16.5. The van der Waals surface area contributed by atoms with Gasteiger partial charge in [0.2, 0.25) is 0 Å². The third-order valence-electron chi connectivity index (χ3n) is 5.55. The van der Waals surface area contributed by atoms with Crippen LogP contribution < -0.4 is 5.32 Å². The van der Waals surface area contributed by atoms with E-state index in [4.69, 9.17) is 0 Å². The predicted octanol–water partition coefficient (Wildman–Crippen LogP) is 4.80. The molecule has 4 nitrogen and oxygen atoms in total. The summed E-state index contributed by atoms with van der Waals surface area (Å²) in [6, 6.07) is 16.3. The largest absolute Gasteiger partial charge is 0.351 e. The lowest BCUT2D eigenvalue weighted by molar-refractivity contribution is 0.0937. The Bertz CT molecular complexity index is 913. The van der Waals surface area contributed by atoms with Gasteiger partial charge in [-0.2, -0.15) is 5.10 Å². The molecule has 0 unspecified atom stereocenters. The summed E-state index contributed by atoms with van der Waals surface area (Å²) in [7, 11) is 0. The number of amides is 1. The lowest BCUT2D eigenvalue weighted by atomic mass is 9.69. The summed E-state index contributed by atoms with van der Waals surface area (Å²) in [6.45, 7) is 0.691. The van der Waals surface area contributed by atoms with Crippen LogP contribution in [-0.2, 0) is 5.41 Å². The Balaban J connectivity index is 1.55. The minimum Gasteiger partial charge on any atom is -0.351 e. The third kappa shape index (κ3) is 3.37. The Kier molecular flexibility index (Phi) is 4.98. The third-order valence-corrected chi connectivity index (χ3v) is 6.38. The first-order valence-corrected chi connectivity index (χ1v) is 10.2. The highest BCUT2D eigenvalue weighted by Gasteiger charge is 2.34. The van der Waals surface area contributed by atoms with Gasteiger partial charge in [-0.05, 0) is 59.2 Å². The van der Waals surface area contributed by atoms with E-state index in [1.165, 1.54) is 24.8 Å². The summed E-state index contributed by atoms with van der Waals surface area (Å²) in [4.78, 5) is 12.8. The molecule has 1 aliphatic rings. The molecule has 1 saturated carbocycles. The van der Waals surface area contributed by atoms with Gasteiger partial charge in [-0.3, -0.25) is 9.89 Å². The number of aromatic amines is 1. The SMILES string of the molecule is O=C(NCC1(c2ccccc2)CCCCC1)c1ccc2n[nH]c(I)c2c1. The highest BCUT2D eigenvalue weighted by molar-refractivity contribution is 14.1. The molecule has 1 aliphatic carbocycles. The number of carbonyl (C=O) groups is 1. The maximum atomic E-state index is 12.8. The van der Waals surface area contributed by atoms with Gasteiger partial charge >= 0.3 is 0 Å². The van der Waals surface area contributed by atoms with Crippen LogP contribution in [0.15, 0.2) is 48.5 Å². The molecule has 134 valence electrons. The summed E-state index contributed by atoms with van der Waals surface area (Å²) in [5.41, 5.74) is 2.98. The molecule has 0 bridgehead atoms. The topological polar surface area (TPSA) is 57.8 Å². The Morgan fingerprint density at radius 3 is 2.65 bits per heavy atom. The number of nitrogens with one attached hydrogen (secondary N) is 2. The number of H-pyrrole nitrogens is 1. The van der Waals surface area contributed by atoms with Crippen molar-refractivity contribution >= 4 is 39.4 Å². The van der Waals surface area contributed by atoms with E-state index in [-0.39, 0.29) is 11.3 Å². The number of hydrogen-bond donors (Lipinski definition) is 2. The lowest BCUT2D eigenvalue weighted by Crippen LogP contribution is -2.42. The average molecular weight is 459 g/mol. The van der Waals surface area contributed by atoms with Gasteiger partial charge in [-0.15, -0.1) is 0 Å². The van der Waals surface area contributed by atoms with Gasteiger partial charge in [0.1, 0.15) is 3.70 Å². The van der Waals surface area contributed by atoms with Crippen LogP contribution in [0, 0.1) is 3.70 Å². The molecular formula is C21H22IN3O. The summed E-state index contributed by atoms with van der Waals surface area (Å²) in [5, 5.41) is 11.4. The Morgan fingerprint density at radius 1 is 1.12 bits per heavy atom. The van der Waals surface area contributed by atoms with Crippen molar-refractivity contribution in [1.82, 2.24) is 15.5 Å². The fraction of sp³-hybridized carbons (Fsp3) is 0.333. The van der Waals surface area contributed by atoms with E-state index in [9.17, 15) is 4.79 Å². The van der Waals surface area contributed by atoms with Crippen LogP contribution >= 0.6 is 22.6 Å². The molecule has 3 aromatic rings. The minimum atomic E-state index is -0.00946. The number of rotatable bonds is 4. The smallest absolute Gasteiger partial charge is 0.251 e. The van der Waals surface area contributed by atoms with Crippen LogP contribution in [0.2, 0.25) is 0 Å². The van der Waals surface area contributed by atoms with Crippen LogP contribution in [0.25, 0.3) is 10.9 Å². The van der Waals surface area contributed by atoms with Crippen molar-refractivity contribution in [1.29, 1.82) is 0 Å². The van der Waals surface area contributed by atoms with Crippen molar-refractivity contribution in [3.05, 3.63) is 63.4 Å². The highest BCUT2D eigenvalue weighted by atomic mass is 127. The zero-order chi connectivity index (χ0) is 18.0. The molecule has 1 heterocycles. The number of halogens is 1. The van der Waals surface area contributed by atoms with Gasteiger partial charge in [0, 0.05) is 22.9 Å². The molecule has 1 fully saturated rings. The van der Waals surface area contributed by atoms with Gasteiger partial charge in [-0.25, -0.2) is 0 Å². The van der Waals surface area contributed by atoms with Crippen molar-refractivity contribution in [2.75, 3.05) is 6.54 Å². The molecule has 0 atom stereocenters. The Hall–Kier alpha value is -1.89. The van der Waals surface area contributed by atoms with E-state index in [0.717, 1.165) is 27.4 Å². The molecule has 1 amide bonds. The van der Waals surface area contributed by atoms with Crippen molar-refractivity contribution in [2.24, 2.45) is 0 Å². The van der Waals surface area contributed by atoms with Crippen LogP contribution in [0.3, 0.4) is 0 Å². The molecule has 0 saturated heterocycles. The minimum absolute atomic E-state index is 0.00946. The Labute approximate surface area is 166 Å². The number of benzene rings is 2. The number of hydrogen-bond acceptors (Lipinski definition) is 2. The number of aromatic nitrogens is 2.